The summed E-state index contributed by atoms with van der Waals surface area (Å²) in [5, 5.41) is 0. The van der Waals surface area contributed by atoms with E-state index in [9.17, 15) is 14.0 Å². The van der Waals surface area contributed by atoms with Gasteiger partial charge < -0.3 is 14.5 Å². The molecule has 1 spiro atoms. The molecule has 0 radical (unpaired) electrons. The van der Waals surface area contributed by atoms with E-state index in [4.69, 9.17) is 4.74 Å². The molecular formula is C20H27FN2O3. The Bertz CT molecular complexity index is 649. The molecule has 1 aromatic carbocycles. The maximum Gasteiger partial charge on any atom is 0.227 e. The largest absolute Gasteiger partial charge is 0.383 e. The molecule has 2 fully saturated rings. The van der Waals surface area contributed by atoms with E-state index in [1.165, 1.54) is 12.1 Å². The molecule has 2 aliphatic heterocycles. The van der Waals surface area contributed by atoms with Crippen molar-refractivity contribution in [3.63, 3.8) is 0 Å². The normalized spacial score (nSPS) is 23.5. The Morgan fingerprint density at radius 3 is 2.73 bits per heavy atom. The molecule has 5 nitrogen and oxygen atoms in total. The maximum absolute atomic E-state index is 13.0. The van der Waals surface area contributed by atoms with Gasteiger partial charge in [-0.1, -0.05) is 12.1 Å². The molecule has 0 unspecified atom stereocenters. The predicted octanol–water partition coefficient (Wildman–Crippen LogP) is 2.25. The Kier molecular flexibility index (Phi) is 5.91. The number of hydrogen-bond donors (Lipinski definition) is 0. The molecule has 2 amide bonds. The fourth-order valence-corrected chi connectivity index (χ4v) is 4.15. The van der Waals surface area contributed by atoms with Crippen molar-refractivity contribution in [1.29, 1.82) is 0 Å². The fraction of sp³-hybridized carbons (Fsp3) is 0.600. The number of halogens is 1. The molecule has 26 heavy (non-hydrogen) atoms. The summed E-state index contributed by atoms with van der Waals surface area (Å²) in [6.45, 7) is 3.31. The van der Waals surface area contributed by atoms with Crippen molar-refractivity contribution in [3.05, 3.63) is 35.6 Å². The van der Waals surface area contributed by atoms with Crippen LogP contribution in [0.25, 0.3) is 0 Å². The van der Waals surface area contributed by atoms with Gasteiger partial charge >= 0.3 is 0 Å². The minimum absolute atomic E-state index is 0.00163. The third-order valence-corrected chi connectivity index (χ3v) is 5.60. The second-order valence-electron chi connectivity index (χ2n) is 7.53. The molecule has 0 aliphatic carbocycles. The smallest absolute Gasteiger partial charge is 0.227 e. The second-order valence-corrected chi connectivity index (χ2v) is 7.53. The highest BCUT2D eigenvalue weighted by Crippen LogP contribution is 2.39. The summed E-state index contributed by atoms with van der Waals surface area (Å²) in [5.41, 5.74) is 0.829. The van der Waals surface area contributed by atoms with Crippen molar-refractivity contribution < 1.29 is 18.7 Å². The van der Waals surface area contributed by atoms with E-state index in [0.29, 0.717) is 39.1 Å². The molecule has 3 rings (SSSR count). The number of rotatable bonds is 5. The topological polar surface area (TPSA) is 49.9 Å². The van der Waals surface area contributed by atoms with Gasteiger partial charge in [-0.15, -0.1) is 0 Å². The van der Waals surface area contributed by atoms with Crippen molar-refractivity contribution in [2.24, 2.45) is 5.41 Å². The summed E-state index contributed by atoms with van der Waals surface area (Å²) in [5.74, 6) is -0.0281. The van der Waals surface area contributed by atoms with Crippen LogP contribution in [-0.4, -0.2) is 61.5 Å². The zero-order valence-corrected chi connectivity index (χ0v) is 15.4. The Hall–Kier alpha value is -1.95. The lowest BCUT2D eigenvalue weighted by molar-refractivity contribution is -0.143. The first-order valence-corrected chi connectivity index (χ1v) is 9.30. The third kappa shape index (κ3) is 4.41. The van der Waals surface area contributed by atoms with Crippen molar-refractivity contribution in [1.82, 2.24) is 9.80 Å². The quantitative estimate of drug-likeness (QED) is 0.807. The monoisotopic (exact) mass is 362 g/mol. The zero-order chi connectivity index (χ0) is 18.6. The van der Waals surface area contributed by atoms with Gasteiger partial charge in [-0.05, 0) is 37.0 Å². The maximum atomic E-state index is 13.0. The summed E-state index contributed by atoms with van der Waals surface area (Å²) in [7, 11) is 1.64. The Balaban J connectivity index is 1.63. The van der Waals surface area contributed by atoms with Gasteiger partial charge in [0.15, 0.2) is 0 Å². The van der Waals surface area contributed by atoms with E-state index in [-0.39, 0.29) is 23.0 Å². The number of likely N-dealkylation sites (tertiary alicyclic amines) is 2. The Morgan fingerprint density at radius 1 is 1.23 bits per heavy atom. The number of ether oxygens (including phenoxy) is 1. The molecule has 0 aromatic heterocycles. The van der Waals surface area contributed by atoms with Crippen molar-refractivity contribution in [2.75, 3.05) is 39.9 Å². The number of benzene rings is 1. The minimum Gasteiger partial charge on any atom is -0.383 e. The zero-order valence-electron chi connectivity index (χ0n) is 15.4. The third-order valence-electron chi connectivity index (χ3n) is 5.60. The Morgan fingerprint density at radius 2 is 2.00 bits per heavy atom. The van der Waals surface area contributed by atoms with Crippen LogP contribution in [0.15, 0.2) is 24.3 Å². The first kappa shape index (κ1) is 18.8. The number of methoxy groups -OCH3 is 1. The van der Waals surface area contributed by atoms with Crippen LogP contribution in [0, 0.1) is 11.2 Å². The molecule has 142 valence electrons. The average Bonchev–Trinajstić information content (AvgIpc) is 2.65. The van der Waals surface area contributed by atoms with Gasteiger partial charge in [0.05, 0.1) is 13.0 Å². The van der Waals surface area contributed by atoms with Crippen LogP contribution < -0.4 is 0 Å². The molecule has 0 bridgehead atoms. The number of carbonyl (C=O) groups is 2. The van der Waals surface area contributed by atoms with E-state index in [0.717, 1.165) is 31.4 Å². The number of nitrogens with zero attached hydrogens (tertiary/aromatic N) is 2. The van der Waals surface area contributed by atoms with E-state index < -0.39 is 0 Å². The summed E-state index contributed by atoms with van der Waals surface area (Å²) in [4.78, 5) is 28.7. The van der Waals surface area contributed by atoms with Gasteiger partial charge in [-0.25, -0.2) is 4.39 Å². The summed E-state index contributed by atoms with van der Waals surface area (Å²) in [6.07, 6.45) is 3.69. The van der Waals surface area contributed by atoms with Crippen molar-refractivity contribution in [2.45, 2.75) is 32.1 Å². The molecular weight excluding hydrogens is 335 g/mol. The standard InChI is InChI=1S/C20H27FN2O3/c1-26-12-11-23-15-20(9-7-18(23)24)8-2-10-22(14-20)19(25)13-16-3-5-17(21)6-4-16/h3-6H,2,7-15H2,1H3/t20-/m1/s1. The first-order chi connectivity index (χ1) is 12.5. The number of amides is 2. The van der Waals surface area contributed by atoms with Gasteiger partial charge in [-0.3, -0.25) is 9.59 Å². The van der Waals surface area contributed by atoms with E-state index in [1.807, 2.05) is 9.80 Å². The lowest BCUT2D eigenvalue weighted by Gasteiger charge is -2.48. The van der Waals surface area contributed by atoms with Crippen molar-refractivity contribution >= 4 is 11.8 Å². The number of carbonyl (C=O) groups excluding carboxylic acids is 2. The lowest BCUT2D eigenvalue weighted by Crippen LogP contribution is -2.55. The summed E-state index contributed by atoms with van der Waals surface area (Å²) < 4.78 is 18.2. The average molecular weight is 362 g/mol. The highest BCUT2D eigenvalue weighted by Gasteiger charge is 2.42. The fourth-order valence-electron chi connectivity index (χ4n) is 4.15. The van der Waals surface area contributed by atoms with Gasteiger partial charge in [0.2, 0.25) is 11.8 Å². The minimum atomic E-state index is -0.291. The van der Waals surface area contributed by atoms with Gasteiger partial charge in [-0.2, -0.15) is 0 Å². The molecule has 2 heterocycles. The molecule has 2 aliphatic rings. The van der Waals surface area contributed by atoms with Crippen LogP contribution in [0.1, 0.15) is 31.2 Å². The molecule has 2 saturated heterocycles. The van der Waals surface area contributed by atoms with Gasteiger partial charge in [0.25, 0.3) is 0 Å². The van der Waals surface area contributed by atoms with Crippen LogP contribution in [0.4, 0.5) is 4.39 Å². The van der Waals surface area contributed by atoms with Gasteiger partial charge in [0.1, 0.15) is 5.82 Å². The Labute approximate surface area is 154 Å². The summed E-state index contributed by atoms with van der Waals surface area (Å²) in [6, 6.07) is 6.11. The van der Waals surface area contributed by atoms with Crippen LogP contribution in [-0.2, 0) is 20.7 Å². The highest BCUT2D eigenvalue weighted by molar-refractivity contribution is 5.79. The lowest BCUT2D eigenvalue weighted by atomic mass is 9.73. The van der Waals surface area contributed by atoms with E-state index >= 15 is 0 Å². The summed E-state index contributed by atoms with van der Waals surface area (Å²) >= 11 is 0. The predicted molar refractivity (Wildman–Crippen MR) is 96.0 cm³/mol. The molecule has 6 heteroatoms. The number of hydrogen-bond acceptors (Lipinski definition) is 3. The van der Waals surface area contributed by atoms with Crippen LogP contribution in [0.5, 0.6) is 0 Å². The molecule has 0 saturated carbocycles. The van der Waals surface area contributed by atoms with E-state index in [1.54, 1.807) is 19.2 Å². The van der Waals surface area contributed by atoms with E-state index in [2.05, 4.69) is 0 Å². The van der Waals surface area contributed by atoms with Crippen LogP contribution in [0.2, 0.25) is 0 Å². The number of piperidine rings is 2. The SMILES string of the molecule is COCCN1C[C@]2(CCCN(C(=O)Cc3ccc(F)cc3)C2)CCC1=O. The highest BCUT2D eigenvalue weighted by atomic mass is 19.1. The first-order valence-electron chi connectivity index (χ1n) is 9.30. The van der Waals surface area contributed by atoms with Gasteiger partial charge in [0, 0.05) is 45.1 Å². The molecule has 1 aromatic rings. The molecule has 1 atom stereocenters. The van der Waals surface area contributed by atoms with Crippen LogP contribution >= 0.6 is 0 Å². The van der Waals surface area contributed by atoms with Crippen LogP contribution in [0.3, 0.4) is 0 Å². The second kappa shape index (κ2) is 8.16. The van der Waals surface area contributed by atoms with Crippen molar-refractivity contribution in [3.8, 4) is 0 Å². The molecule has 0 N–H and O–H groups in total.